The number of hydrogen-bond acceptors (Lipinski definition) is 8. The Morgan fingerprint density at radius 1 is 0.519 bits per heavy atom. The molecular formula is C45H48O9. The lowest BCUT2D eigenvalue weighted by Crippen LogP contribution is -2.62. The third-order valence-corrected chi connectivity index (χ3v) is 8.98. The molecule has 0 bridgehead atoms. The zero-order valence-corrected chi connectivity index (χ0v) is 30.3. The Morgan fingerprint density at radius 2 is 0.907 bits per heavy atom. The summed E-state index contributed by atoms with van der Waals surface area (Å²) in [5, 5.41) is 9.93. The molecule has 282 valence electrons. The van der Waals surface area contributed by atoms with Gasteiger partial charge in [-0.05, 0) is 27.8 Å². The molecule has 6 rings (SSSR count). The van der Waals surface area contributed by atoms with Crippen LogP contribution in [0.2, 0.25) is 0 Å². The smallest absolute Gasteiger partial charge is 0.306 e. The fourth-order valence-electron chi connectivity index (χ4n) is 6.27. The van der Waals surface area contributed by atoms with Crippen molar-refractivity contribution in [3.05, 3.63) is 179 Å². The number of benzene rings is 5. The van der Waals surface area contributed by atoms with Crippen LogP contribution in [0, 0.1) is 0 Å². The number of hydrogen-bond donors (Lipinski definition) is 1. The highest BCUT2D eigenvalue weighted by atomic mass is 16.7. The van der Waals surface area contributed by atoms with Crippen LogP contribution in [0.5, 0.6) is 0 Å². The first-order valence-electron chi connectivity index (χ1n) is 18.3. The maximum absolute atomic E-state index is 12.1. The summed E-state index contributed by atoms with van der Waals surface area (Å²) in [4.78, 5) is 12.1. The Balaban J connectivity index is 1.30. The molecule has 1 aliphatic rings. The first-order valence-corrected chi connectivity index (χ1v) is 18.3. The van der Waals surface area contributed by atoms with E-state index >= 15 is 0 Å². The molecule has 0 saturated carbocycles. The van der Waals surface area contributed by atoms with E-state index in [0.29, 0.717) is 19.8 Å². The summed E-state index contributed by atoms with van der Waals surface area (Å²) < 4.78 is 45.8. The second-order valence-electron chi connectivity index (χ2n) is 13.2. The summed E-state index contributed by atoms with van der Waals surface area (Å²) in [5.74, 6) is -1.02. The number of ether oxygens (including phenoxy) is 7. The van der Waals surface area contributed by atoms with Gasteiger partial charge >= 0.3 is 5.97 Å². The lowest BCUT2D eigenvalue weighted by atomic mass is 9.97. The Hall–Kier alpha value is -4.71. The Morgan fingerprint density at radius 3 is 1.35 bits per heavy atom. The zero-order chi connectivity index (χ0) is 37.2. The highest BCUT2D eigenvalue weighted by Crippen LogP contribution is 2.32. The predicted molar refractivity (Wildman–Crippen MR) is 203 cm³/mol. The van der Waals surface area contributed by atoms with Gasteiger partial charge in [-0.25, -0.2) is 0 Å². The van der Waals surface area contributed by atoms with Crippen molar-refractivity contribution in [1.82, 2.24) is 0 Å². The molecule has 0 radical (unpaired) electrons. The van der Waals surface area contributed by atoms with Crippen molar-refractivity contribution in [2.75, 3.05) is 13.2 Å². The minimum Gasteiger partial charge on any atom is -0.481 e. The van der Waals surface area contributed by atoms with Crippen molar-refractivity contribution in [3.63, 3.8) is 0 Å². The minimum absolute atomic E-state index is 0.0190. The third-order valence-electron chi connectivity index (χ3n) is 8.98. The summed E-state index contributed by atoms with van der Waals surface area (Å²) in [7, 11) is 0. The van der Waals surface area contributed by atoms with E-state index in [1.54, 1.807) is 0 Å². The van der Waals surface area contributed by atoms with Crippen molar-refractivity contribution >= 4 is 5.97 Å². The second kappa shape index (κ2) is 21.2. The molecule has 0 spiro atoms. The van der Waals surface area contributed by atoms with Crippen LogP contribution < -0.4 is 0 Å². The van der Waals surface area contributed by atoms with Gasteiger partial charge < -0.3 is 38.3 Å². The normalized spacial score (nSPS) is 20.3. The van der Waals surface area contributed by atoms with Crippen molar-refractivity contribution in [2.45, 2.75) is 76.3 Å². The molecular weight excluding hydrogens is 684 g/mol. The molecule has 1 aliphatic heterocycles. The number of rotatable bonds is 21. The van der Waals surface area contributed by atoms with Gasteiger partial charge in [-0.3, -0.25) is 4.79 Å². The summed E-state index contributed by atoms with van der Waals surface area (Å²) >= 11 is 0. The highest BCUT2D eigenvalue weighted by molar-refractivity contribution is 5.67. The molecule has 9 nitrogen and oxygen atoms in total. The van der Waals surface area contributed by atoms with Crippen LogP contribution in [0.1, 0.15) is 34.2 Å². The van der Waals surface area contributed by atoms with E-state index in [0.717, 1.165) is 27.8 Å². The van der Waals surface area contributed by atoms with Gasteiger partial charge in [0.1, 0.15) is 24.4 Å². The average Bonchev–Trinajstić information content (AvgIpc) is 3.21. The fourth-order valence-corrected chi connectivity index (χ4v) is 6.27. The number of aliphatic carboxylic acids is 1. The van der Waals surface area contributed by atoms with Gasteiger partial charge in [0.25, 0.3) is 0 Å². The molecule has 6 atom stereocenters. The number of carboxylic acids is 1. The Kier molecular flexibility index (Phi) is 15.3. The second-order valence-corrected chi connectivity index (χ2v) is 13.2. The molecule has 0 amide bonds. The van der Waals surface area contributed by atoms with Gasteiger partial charge in [-0.15, -0.1) is 0 Å². The number of carboxylic acid groups (broad SMARTS) is 1. The van der Waals surface area contributed by atoms with E-state index in [-0.39, 0.29) is 32.8 Å². The lowest BCUT2D eigenvalue weighted by Gasteiger charge is -2.46. The van der Waals surface area contributed by atoms with Crippen molar-refractivity contribution in [1.29, 1.82) is 0 Å². The third kappa shape index (κ3) is 12.4. The first kappa shape index (κ1) is 39.0. The van der Waals surface area contributed by atoms with Gasteiger partial charge in [-0.1, -0.05) is 152 Å². The summed E-state index contributed by atoms with van der Waals surface area (Å²) in [5.41, 5.74) is 4.88. The van der Waals surface area contributed by atoms with Crippen LogP contribution >= 0.6 is 0 Å². The average molecular weight is 733 g/mol. The number of carbonyl (C=O) groups is 1. The lowest BCUT2D eigenvalue weighted by molar-refractivity contribution is -0.338. The Bertz CT molecular complexity index is 1760. The van der Waals surface area contributed by atoms with Gasteiger partial charge in [0.2, 0.25) is 0 Å². The van der Waals surface area contributed by atoms with Crippen LogP contribution in [-0.2, 0) is 71.0 Å². The van der Waals surface area contributed by atoms with Crippen LogP contribution in [0.15, 0.2) is 152 Å². The van der Waals surface area contributed by atoms with Crippen LogP contribution in [0.3, 0.4) is 0 Å². The summed E-state index contributed by atoms with van der Waals surface area (Å²) in [6, 6.07) is 49.2. The molecule has 54 heavy (non-hydrogen) atoms. The SMILES string of the molecule is O=C(O)CC(COCc1ccccc1)O[C@@H]1O[C@H](COCc2ccccc2)[C@@H](OCc2ccccc2)[C@H](OCc2ccccc2)[C@H]1OCc1ccccc1. The predicted octanol–water partition coefficient (Wildman–Crippen LogP) is 7.76. The molecule has 1 saturated heterocycles. The van der Waals surface area contributed by atoms with Gasteiger partial charge in [0, 0.05) is 0 Å². The largest absolute Gasteiger partial charge is 0.481 e. The van der Waals surface area contributed by atoms with E-state index in [4.69, 9.17) is 33.2 Å². The summed E-state index contributed by atoms with van der Waals surface area (Å²) in [6.07, 6.45) is -5.09. The maximum atomic E-state index is 12.1. The van der Waals surface area contributed by atoms with Crippen molar-refractivity contribution in [2.24, 2.45) is 0 Å². The van der Waals surface area contributed by atoms with Crippen molar-refractivity contribution < 1.29 is 43.1 Å². The highest BCUT2D eigenvalue weighted by Gasteiger charge is 2.50. The monoisotopic (exact) mass is 732 g/mol. The standard InChI is InChI=1S/C45H48O9/c46-41(47)26-39(32-48-27-34-16-6-1-7-17-34)53-45-44(52-31-38-24-14-5-15-25-38)43(51-30-37-22-12-4-13-23-37)42(50-29-36-20-10-3-11-21-36)40(54-45)33-49-28-35-18-8-2-9-19-35/h1-25,39-40,42-45H,26-33H2,(H,46,47)/t39?,40-,42-,43+,44-,45-/m1/s1. The molecule has 5 aromatic carbocycles. The molecule has 9 heteroatoms. The van der Waals surface area contributed by atoms with E-state index in [2.05, 4.69) is 0 Å². The van der Waals surface area contributed by atoms with E-state index in [1.807, 2.05) is 152 Å². The molecule has 0 aromatic heterocycles. The quantitative estimate of drug-likeness (QED) is 0.0811. The summed E-state index contributed by atoms with van der Waals surface area (Å²) in [6.45, 7) is 1.62. The van der Waals surface area contributed by atoms with E-state index < -0.39 is 42.8 Å². The molecule has 5 aromatic rings. The van der Waals surface area contributed by atoms with E-state index in [1.165, 1.54) is 0 Å². The molecule has 1 fully saturated rings. The fraction of sp³-hybridized carbons (Fsp3) is 0.311. The topological polar surface area (TPSA) is 102 Å². The Labute approximate surface area is 317 Å². The van der Waals surface area contributed by atoms with Crippen LogP contribution in [0.4, 0.5) is 0 Å². The minimum atomic E-state index is -1.05. The zero-order valence-electron chi connectivity index (χ0n) is 30.3. The molecule has 0 aliphatic carbocycles. The van der Waals surface area contributed by atoms with Gasteiger partial charge in [-0.2, -0.15) is 0 Å². The first-order chi connectivity index (χ1) is 26.6. The maximum Gasteiger partial charge on any atom is 0.306 e. The molecule has 1 unspecified atom stereocenters. The van der Waals surface area contributed by atoms with Gasteiger partial charge in [0.15, 0.2) is 6.29 Å². The molecule has 1 heterocycles. The van der Waals surface area contributed by atoms with Crippen LogP contribution in [-0.4, -0.2) is 61.1 Å². The molecule has 1 N–H and O–H groups in total. The van der Waals surface area contributed by atoms with Crippen LogP contribution in [0.25, 0.3) is 0 Å². The van der Waals surface area contributed by atoms with Crippen molar-refractivity contribution in [3.8, 4) is 0 Å². The van der Waals surface area contributed by atoms with Gasteiger partial charge in [0.05, 0.1) is 58.8 Å². The van der Waals surface area contributed by atoms with E-state index in [9.17, 15) is 9.90 Å².